The van der Waals surface area contributed by atoms with Crippen LogP contribution in [0, 0.1) is 17.8 Å². The summed E-state index contributed by atoms with van der Waals surface area (Å²) in [5, 5.41) is 14.7. The van der Waals surface area contributed by atoms with Crippen LogP contribution in [0.1, 0.15) is 40.0 Å². The van der Waals surface area contributed by atoms with Gasteiger partial charge in [0, 0.05) is 6.04 Å². The molecule has 1 aliphatic rings. The average molecular weight is 241 g/mol. The number of carbonyl (C=O) groups is 1. The van der Waals surface area contributed by atoms with Crippen molar-refractivity contribution in [1.82, 2.24) is 5.32 Å². The molecule has 1 rings (SSSR count). The molecular weight excluding hydrogens is 218 g/mol. The number of carbonyl (C=O) groups excluding carboxylic acids is 1. The van der Waals surface area contributed by atoms with Crippen molar-refractivity contribution in [1.29, 1.82) is 0 Å². The Morgan fingerprint density at radius 3 is 2.53 bits per heavy atom. The molecule has 0 aliphatic heterocycles. The lowest BCUT2D eigenvalue weighted by Crippen LogP contribution is -2.46. The van der Waals surface area contributed by atoms with Gasteiger partial charge in [0.2, 0.25) is 5.91 Å². The maximum absolute atomic E-state index is 12.1. The molecule has 0 bridgehead atoms. The fourth-order valence-corrected chi connectivity index (χ4v) is 2.47. The first kappa shape index (κ1) is 13.8. The first-order valence-electron chi connectivity index (χ1n) is 6.25. The Morgan fingerprint density at radius 2 is 2.12 bits per heavy atom. The lowest BCUT2D eigenvalue weighted by atomic mass is 9.93. The number of nitrogens with two attached hydrogens (primary N) is 1. The standard InChI is InChI=1S/C12H23N3O2/c1-7(2)10(11(13)15-17)12(16)14-9-6-4-5-8(9)3/h7-10,17H,4-6H2,1-3H3,(H2,13,15)(H,14,16). The Morgan fingerprint density at radius 1 is 1.47 bits per heavy atom. The number of amidine groups is 1. The molecular formula is C12H23N3O2. The molecule has 5 nitrogen and oxygen atoms in total. The van der Waals surface area contributed by atoms with Crippen molar-refractivity contribution in [3.63, 3.8) is 0 Å². The lowest BCUT2D eigenvalue weighted by molar-refractivity contribution is -0.125. The highest BCUT2D eigenvalue weighted by Crippen LogP contribution is 2.25. The van der Waals surface area contributed by atoms with Gasteiger partial charge in [-0.3, -0.25) is 4.79 Å². The van der Waals surface area contributed by atoms with Gasteiger partial charge in [0.05, 0.1) is 0 Å². The third kappa shape index (κ3) is 3.35. The minimum absolute atomic E-state index is 0.0110. The van der Waals surface area contributed by atoms with E-state index in [0.29, 0.717) is 5.92 Å². The first-order valence-corrected chi connectivity index (χ1v) is 6.25. The average Bonchev–Trinajstić information content (AvgIpc) is 2.63. The predicted octanol–water partition coefficient (Wildman–Crippen LogP) is 1.31. The molecule has 0 aromatic carbocycles. The molecule has 17 heavy (non-hydrogen) atoms. The van der Waals surface area contributed by atoms with E-state index in [1.54, 1.807) is 0 Å². The minimum Gasteiger partial charge on any atom is -0.409 e. The van der Waals surface area contributed by atoms with E-state index in [0.717, 1.165) is 19.3 Å². The lowest BCUT2D eigenvalue weighted by Gasteiger charge is -2.23. The molecule has 0 aromatic heterocycles. The Balaban J connectivity index is 2.66. The molecule has 4 N–H and O–H groups in total. The maximum atomic E-state index is 12.1. The summed E-state index contributed by atoms with van der Waals surface area (Å²) in [7, 11) is 0. The van der Waals surface area contributed by atoms with E-state index < -0.39 is 5.92 Å². The van der Waals surface area contributed by atoms with Crippen LogP contribution in [0.5, 0.6) is 0 Å². The highest BCUT2D eigenvalue weighted by Gasteiger charge is 2.31. The topological polar surface area (TPSA) is 87.7 Å². The third-order valence-corrected chi connectivity index (χ3v) is 3.57. The molecule has 0 spiro atoms. The van der Waals surface area contributed by atoms with E-state index >= 15 is 0 Å². The van der Waals surface area contributed by atoms with Gasteiger partial charge in [-0.1, -0.05) is 32.3 Å². The highest BCUT2D eigenvalue weighted by atomic mass is 16.4. The van der Waals surface area contributed by atoms with Crippen molar-refractivity contribution in [2.45, 2.75) is 46.1 Å². The fourth-order valence-electron chi connectivity index (χ4n) is 2.47. The van der Waals surface area contributed by atoms with Gasteiger partial charge in [-0.15, -0.1) is 0 Å². The molecule has 98 valence electrons. The van der Waals surface area contributed by atoms with Gasteiger partial charge >= 0.3 is 0 Å². The molecule has 3 atom stereocenters. The summed E-state index contributed by atoms with van der Waals surface area (Å²) >= 11 is 0. The van der Waals surface area contributed by atoms with Crippen LogP contribution in [0.3, 0.4) is 0 Å². The number of rotatable bonds is 4. The predicted molar refractivity (Wildman–Crippen MR) is 66.7 cm³/mol. The zero-order valence-electron chi connectivity index (χ0n) is 10.8. The molecule has 1 aliphatic carbocycles. The van der Waals surface area contributed by atoms with Crippen molar-refractivity contribution >= 4 is 11.7 Å². The summed E-state index contributed by atoms with van der Waals surface area (Å²) in [6.45, 7) is 5.92. The smallest absolute Gasteiger partial charge is 0.231 e. The molecule has 0 aromatic rings. The molecule has 0 heterocycles. The van der Waals surface area contributed by atoms with E-state index in [1.807, 2.05) is 13.8 Å². The van der Waals surface area contributed by atoms with Gasteiger partial charge < -0.3 is 16.3 Å². The Hall–Kier alpha value is -1.26. The second kappa shape index (κ2) is 5.89. The summed E-state index contributed by atoms with van der Waals surface area (Å²) in [6.07, 6.45) is 3.33. The molecule has 1 amide bonds. The molecule has 5 heteroatoms. The van der Waals surface area contributed by atoms with Crippen LogP contribution < -0.4 is 11.1 Å². The van der Waals surface area contributed by atoms with Gasteiger partial charge in [-0.05, 0) is 24.7 Å². The zero-order valence-corrected chi connectivity index (χ0v) is 10.8. The van der Waals surface area contributed by atoms with Crippen LogP contribution >= 0.6 is 0 Å². The quantitative estimate of drug-likeness (QED) is 0.300. The van der Waals surface area contributed by atoms with Crippen LogP contribution in [-0.4, -0.2) is 23.0 Å². The Bertz CT molecular complexity index is 302. The van der Waals surface area contributed by atoms with Crippen molar-refractivity contribution < 1.29 is 10.0 Å². The van der Waals surface area contributed by atoms with Crippen molar-refractivity contribution in [3.8, 4) is 0 Å². The van der Waals surface area contributed by atoms with E-state index in [9.17, 15) is 4.79 Å². The second-order valence-electron chi connectivity index (χ2n) is 5.27. The molecule has 3 unspecified atom stereocenters. The van der Waals surface area contributed by atoms with Gasteiger partial charge in [0.15, 0.2) is 5.84 Å². The highest BCUT2D eigenvalue weighted by molar-refractivity contribution is 6.02. The molecule has 1 saturated carbocycles. The number of amides is 1. The summed E-state index contributed by atoms with van der Waals surface area (Å²) < 4.78 is 0. The van der Waals surface area contributed by atoms with E-state index in [2.05, 4.69) is 17.4 Å². The van der Waals surface area contributed by atoms with Crippen LogP contribution in [0.2, 0.25) is 0 Å². The number of nitrogens with one attached hydrogen (secondary N) is 1. The maximum Gasteiger partial charge on any atom is 0.231 e. The first-order chi connectivity index (χ1) is 7.97. The molecule has 0 saturated heterocycles. The zero-order chi connectivity index (χ0) is 13.0. The summed E-state index contributed by atoms with van der Waals surface area (Å²) in [5.74, 6) is -0.160. The van der Waals surface area contributed by atoms with Crippen molar-refractivity contribution in [2.24, 2.45) is 28.6 Å². The van der Waals surface area contributed by atoms with Crippen molar-refractivity contribution in [2.75, 3.05) is 0 Å². The molecule has 1 fully saturated rings. The van der Waals surface area contributed by atoms with E-state index in [-0.39, 0.29) is 23.7 Å². The monoisotopic (exact) mass is 241 g/mol. The van der Waals surface area contributed by atoms with E-state index in [1.165, 1.54) is 0 Å². The fraction of sp³-hybridized carbons (Fsp3) is 0.833. The van der Waals surface area contributed by atoms with Crippen LogP contribution in [0.4, 0.5) is 0 Å². The summed E-state index contributed by atoms with van der Waals surface area (Å²) in [4.78, 5) is 12.1. The second-order valence-corrected chi connectivity index (χ2v) is 5.27. The minimum atomic E-state index is -0.548. The van der Waals surface area contributed by atoms with Crippen molar-refractivity contribution in [3.05, 3.63) is 0 Å². The third-order valence-electron chi connectivity index (χ3n) is 3.57. The normalized spacial score (nSPS) is 27.2. The van der Waals surface area contributed by atoms with Crippen LogP contribution in [0.25, 0.3) is 0 Å². The largest absolute Gasteiger partial charge is 0.409 e. The number of hydrogen-bond acceptors (Lipinski definition) is 3. The van der Waals surface area contributed by atoms with Gasteiger partial charge in [-0.25, -0.2) is 0 Å². The number of oxime groups is 1. The van der Waals surface area contributed by atoms with Gasteiger partial charge in [0.25, 0.3) is 0 Å². The van der Waals surface area contributed by atoms with Gasteiger partial charge in [0.1, 0.15) is 5.92 Å². The van der Waals surface area contributed by atoms with E-state index in [4.69, 9.17) is 10.9 Å². The SMILES string of the molecule is CC(C)C(C(=O)NC1CCCC1C)C(N)=NO. The summed E-state index contributed by atoms with van der Waals surface area (Å²) in [5.41, 5.74) is 5.57. The Kier molecular flexibility index (Phi) is 4.78. The number of hydrogen-bond donors (Lipinski definition) is 3. The molecule has 0 radical (unpaired) electrons. The van der Waals surface area contributed by atoms with Crippen LogP contribution in [-0.2, 0) is 4.79 Å². The summed E-state index contributed by atoms with van der Waals surface area (Å²) in [6, 6.07) is 0.232. The Labute approximate surface area is 102 Å². The van der Waals surface area contributed by atoms with Gasteiger partial charge in [-0.2, -0.15) is 0 Å². The van der Waals surface area contributed by atoms with Crippen LogP contribution in [0.15, 0.2) is 5.16 Å². The number of nitrogens with zero attached hydrogens (tertiary/aromatic N) is 1.